The molecule has 2 bridgehead atoms. The van der Waals surface area contributed by atoms with Gasteiger partial charge in [0.1, 0.15) is 5.75 Å². The molecule has 2 atom stereocenters. The Morgan fingerprint density at radius 2 is 2.05 bits per heavy atom. The van der Waals surface area contributed by atoms with Gasteiger partial charge >= 0.3 is 6.61 Å². The quantitative estimate of drug-likeness (QED) is 0.883. The van der Waals surface area contributed by atoms with Crippen molar-refractivity contribution < 1.29 is 18.3 Å². The summed E-state index contributed by atoms with van der Waals surface area (Å²) in [5.74, 6) is 0.0854. The Morgan fingerprint density at radius 1 is 1.32 bits per heavy atom. The molecule has 1 aromatic rings. The zero-order chi connectivity index (χ0) is 13.2. The highest BCUT2D eigenvalue weighted by atomic mass is 19.3. The molecule has 7 heteroatoms. The Kier molecular flexibility index (Phi) is 3.48. The van der Waals surface area contributed by atoms with Crippen LogP contribution in [0.15, 0.2) is 18.5 Å². The van der Waals surface area contributed by atoms with Crippen LogP contribution in [-0.4, -0.2) is 50.0 Å². The number of fused-ring (bicyclic) bond motifs is 2. The first-order chi connectivity index (χ1) is 9.20. The number of ether oxygens (including phenoxy) is 2. The van der Waals surface area contributed by atoms with Crippen molar-refractivity contribution in [3.05, 3.63) is 18.5 Å². The van der Waals surface area contributed by atoms with Crippen LogP contribution in [0.5, 0.6) is 5.75 Å². The fraction of sp³-hybridized carbons (Fsp3) is 0.583. The van der Waals surface area contributed by atoms with Gasteiger partial charge < -0.3 is 19.7 Å². The molecule has 5 nitrogen and oxygen atoms in total. The smallest absolute Gasteiger partial charge is 0.387 e. The minimum atomic E-state index is -2.83. The van der Waals surface area contributed by atoms with E-state index in [1.807, 2.05) is 0 Å². The van der Waals surface area contributed by atoms with Gasteiger partial charge in [0.2, 0.25) is 0 Å². The van der Waals surface area contributed by atoms with E-state index in [-0.39, 0.29) is 18.0 Å². The van der Waals surface area contributed by atoms with Gasteiger partial charge in [-0.25, -0.2) is 0 Å². The van der Waals surface area contributed by atoms with Crippen molar-refractivity contribution in [1.82, 2.24) is 10.3 Å². The highest BCUT2D eigenvalue weighted by Gasteiger charge is 2.31. The second-order valence-electron chi connectivity index (χ2n) is 4.70. The topological polar surface area (TPSA) is 46.6 Å². The van der Waals surface area contributed by atoms with Gasteiger partial charge in [-0.1, -0.05) is 0 Å². The first-order valence-electron chi connectivity index (χ1n) is 6.21. The van der Waals surface area contributed by atoms with E-state index in [1.165, 1.54) is 6.20 Å². The van der Waals surface area contributed by atoms with E-state index >= 15 is 0 Å². The third-order valence-electron chi connectivity index (χ3n) is 3.27. The minimum Gasteiger partial charge on any atom is -0.433 e. The molecule has 19 heavy (non-hydrogen) atoms. The maximum Gasteiger partial charge on any atom is 0.387 e. The third kappa shape index (κ3) is 2.93. The molecule has 2 fully saturated rings. The van der Waals surface area contributed by atoms with Crippen LogP contribution in [0, 0.1) is 0 Å². The maximum absolute atomic E-state index is 12.2. The largest absolute Gasteiger partial charge is 0.433 e. The average molecular weight is 271 g/mol. The standard InChI is InChI=1S/C12H15F2N3O2/c13-12(14)19-9-1-8(2-15-3-9)17-6-10-4-16-5-11(7-17)18-10/h1-3,10-12,16H,4-7H2. The minimum absolute atomic E-state index is 0.0854. The van der Waals surface area contributed by atoms with E-state index in [4.69, 9.17) is 4.74 Å². The molecule has 1 N–H and O–H groups in total. The van der Waals surface area contributed by atoms with Gasteiger partial charge in [-0.3, -0.25) is 4.98 Å². The monoisotopic (exact) mass is 271 g/mol. The molecule has 0 amide bonds. The van der Waals surface area contributed by atoms with Crippen molar-refractivity contribution in [2.45, 2.75) is 18.8 Å². The number of rotatable bonds is 3. The molecule has 2 unspecified atom stereocenters. The predicted octanol–water partition coefficient (Wildman–Crippen LogP) is 0.860. The normalized spacial score (nSPS) is 26.6. The fourth-order valence-electron chi connectivity index (χ4n) is 2.51. The molecule has 3 heterocycles. The molecule has 104 valence electrons. The zero-order valence-corrected chi connectivity index (χ0v) is 10.3. The molecule has 3 rings (SSSR count). The number of halogens is 2. The molecule has 0 aliphatic carbocycles. The summed E-state index contributed by atoms with van der Waals surface area (Å²) >= 11 is 0. The number of hydrogen-bond acceptors (Lipinski definition) is 5. The summed E-state index contributed by atoms with van der Waals surface area (Å²) in [7, 11) is 0. The summed E-state index contributed by atoms with van der Waals surface area (Å²) < 4.78 is 34.5. The number of aromatic nitrogens is 1. The van der Waals surface area contributed by atoms with Gasteiger partial charge in [0.25, 0.3) is 0 Å². The summed E-state index contributed by atoms with van der Waals surface area (Å²) in [5, 5.41) is 3.31. The lowest BCUT2D eigenvalue weighted by Crippen LogP contribution is -2.58. The number of pyridine rings is 1. The van der Waals surface area contributed by atoms with Gasteiger partial charge in [0.15, 0.2) is 0 Å². The second kappa shape index (κ2) is 5.26. The Labute approximate surface area is 109 Å². The van der Waals surface area contributed by atoms with Crippen molar-refractivity contribution in [2.24, 2.45) is 0 Å². The lowest BCUT2D eigenvalue weighted by Gasteiger charge is -2.42. The van der Waals surface area contributed by atoms with Crippen LogP contribution >= 0.6 is 0 Å². The Balaban J connectivity index is 1.74. The number of alkyl halides is 2. The first-order valence-corrected chi connectivity index (χ1v) is 6.21. The molecule has 1 aromatic heterocycles. The van der Waals surface area contributed by atoms with Crippen LogP contribution < -0.4 is 15.0 Å². The van der Waals surface area contributed by atoms with Crippen molar-refractivity contribution in [3.63, 3.8) is 0 Å². The lowest BCUT2D eigenvalue weighted by molar-refractivity contribution is -0.0510. The summed E-state index contributed by atoms with van der Waals surface area (Å²) in [5.41, 5.74) is 0.790. The van der Waals surface area contributed by atoms with E-state index in [1.54, 1.807) is 12.3 Å². The number of nitrogens with one attached hydrogen (secondary N) is 1. The van der Waals surface area contributed by atoms with Gasteiger partial charge in [-0.2, -0.15) is 8.78 Å². The highest BCUT2D eigenvalue weighted by Crippen LogP contribution is 2.25. The van der Waals surface area contributed by atoms with E-state index in [0.29, 0.717) is 0 Å². The van der Waals surface area contributed by atoms with Crippen molar-refractivity contribution in [1.29, 1.82) is 0 Å². The third-order valence-corrected chi connectivity index (χ3v) is 3.27. The molecular formula is C12H15F2N3O2. The van der Waals surface area contributed by atoms with Gasteiger partial charge in [-0.05, 0) is 0 Å². The molecule has 0 radical (unpaired) electrons. The Morgan fingerprint density at radius 3 is 2.74 bits per heavy atom. The zero-order valence-electron chi connectivity index (χ0n) is 10.3. The molecule has 0 saturated carbocycles. The second-order valence-corrected chi connectivity index (χ2v) is 4.70. The summed E-state index contributed by atoms with van der Waals surface area (Å²) in [6.45, 7) is 0.249. The van der Waals surface area contributed by atoms with Gasteiger partial charge in [0, 0.05) is 32.2 Å². The van der Waals surface area contributed by atoms with E-state index in [9.17, 15) is 8.78 Å². The van der Waals surface area contributed by atoms with E-state index < -0.39 is 6.61 Å². The SMILES string of the molecule is FC(F)Oc1cncc(N2CC3CNCC(C2)O3)c1. The fourth-order valence-corrected chi connectivity index (χ4v) is 2.51. The van der Waals surface area contributed by atoms with Crippen LogP contribution in [0.3, 0.4) is 0 Å². The van der Waals surface area contributed by atoms with Crippen LogP contribution in [0.2, 0.25) is 0 Å². The summed E-state index contributed by atoms with van der Waals surface area (Å²) in [4.78, 5) is 6.05. The molecular weight excluding hydrogens is 256 g/mol. The van der Waals surface area contributed by atoms with Crippen LogP contribution in [0.1, 0.15) is 0 Å². The average Bonchev–Trinajstić information content (AvgIpc) is 2.38. The Hall–Kier alpha value is -1.47. The summed E-state index contributed by atoms with van der Waals surface area (Å²) in [6.07, 6.45) is 3.21. The number of nitrogens with zero attached hydrogens (tertiary/aromatic N) is 2. The van der Waals surface area contributed by atoms with Crippen LogP contribution in [-0.2, 0) is 4.74 Å². The van der Waals surface area contributed by atoms with E-state index in [2.05, 4.69) is 19.9 Å². The van der Waals surface area contributed by atoms with E-state index in [0.717, 1.165) is 31.9 Å². The van der Waals surface area contributed by atoms with Crippen LogP contribution in [0.25, 0.3) is 0 Å². The van der Waals surface area contributed by atoms with Crippen molar-refractivity contribution >= 4 is 5.69 Å². The van der Waals surface area contributed by atoms with Crippen molar-refractivity contribution in [2.75, 3.05) is 31.1 Å². The van der Waals surface area contributed by atoms with Crippen LogP contribution in [0.4, 0.5) is 14.5 Å². The summed E-state index contributed by atoms with van der Waals surface area (Å²) in [6, 6.07) is 1.59. The molecule has 0 aromatic carbocycles. The molecule has 2 aliphatic rings. The first kappa shape index (κ1) is 12.6. The van der Waals surface area contributed by atoms with Gasteiger partial charge in [-0.15, -0.1) is 0 Å². The molecule has 0 spiro atoms. The number of hydrogen-bond donors (Lipinski definition) is 1. The molecule has 2 saturated heterocycles. The van der Waals surface area contributed by atoms with Crippen molar-refractivity contribution in [3.8, 4) is 5.75 Å². The maximum atomic E-state index is 12.2. The highest BCUT2D eigenvalue weighted by molar-refractivity contribution is 5.49. The molecule has 2 aliphatic heterocycles. The Bertz CT molecular complexity index is 435. The number of morpholine rings is 2. The van der Waals surface area contributed by atoms with Gasteiger partial charge in [0.05, 0.1) is 30.3 Å². The number of anilines is 1. The lowest BCUT2D eigenvalue weighted by atomic mass is 10.1. The predicted molar refractivity (Wildman–Crippen MR) is 64.6 cm³/mol.